The van der Waals surface area contributed by atoms with Crippen LogP contribution in [0.3, 0.4) is 0 Å². The fraction of sp³-hybridized carbons (Fsp3) is 0.650. The number of alkyl halides is 6. The van der Waals surface area contributed by atoms with Crippen LogP contribution in [0.4, 0.5) is 26.3 Å². The van der Waals surface area contributed by atoms with Crippen LogP contribution in [0.1, 0.15) is 25.0 Å². The summed E-state index contributed by atoms with van der Waals surface area (Å²) in [4.78, 5) is 24.7. The third-order valence-corrected chi connectivity index (χ3v) is 6.64. The summed E-state index contributed by atoms with van der Waals surface area (Å²) in [6.07, 6.45) is -3.73. The van der Waals surface area contributed by atoms with E-state index in [9.17, 15) is 26.3 Å². The minimum Gasteiger partial charge on any atom is -0.475 e. The van der Waals surface area contributed by atoms with Crippen LogP contribution in [0.15, 0.2) is 24.4 Å². The van der Waals surface area contributed by atoms with E-state index in [1.54, 1.807) is 0 Å². The summed E-state index contributed by atoms with van der Waals surface area (Å²) in [6.45, 7) is 4.42. The number of hydrogen-bond donors (Lipinski definition) is 2. The topological polar surface area (TPSA) is 100.0 Å². The SMILES string of the molecule is O=C(O)C(F)(F)F.O=C(O)C(F)(F)F.c1ccc(CN2CC3(CC(OCC4CC4)CS3)C2)nc1. The van der Waals surface area contributed by atoms with Crippen molar-refractivity contribution in [2.75, 3.05) is 25.4 Å². The second kappa shape index (κ2) is 11.6. The fourth-order valence-corrected chi connectivity index (χ4v) is 4.89. The second-order valence-corrected chi connectivity index (χ2v) is 9.66. The molecule has 1 saturated carbocycles. The van der Waals surface area contributed by atoms with Crippen molar-refractivity contribution >= 4 is 23.7 Å². The Bertz CT molecular complexity index is 790. The number of ether oxygens (including phenoxy) is 1. The predicted molar refractivity (Wildman–Crippen MR) is 109 cm³/mol. The van der Waals surface area contributed by atoms with Gasteiger partial charge >= 0.3 is 24.3 Å². The molecule has 0 aromatic carbocycles. The van der Waals surface area contributed by atoms with Crippen LogP contribution < -0.4 is 0 Å². The van der Waals surface area contributed by atoms with Crippen molar-refractivity contribution in [1.29, 1.82) is 0 Å². The molecule has 3 heterocycles. The Hall–Kier alpha value is -2.06. The Morgan fingerprint density at radius 2 is 1.65 bits per heavy atom. The van der Waals surface area contributed by atoms with Gasteiger partial charge in [0, 0.05) is 42.9 Å². The molecular weight excluding hydrogens is 494 g/mol. The maximum atomic E-state index is 10.6. The molecule has 0 bridgehead atoms. The largest absolute Gasteiger partial charge is 0.490 e. The van der Waals surface area contributed by atoms with E-state index in [0.29, 0.717) is 10.9 Å². The van der Waals surface area contributed by atoms with Crippen LogP contribution in [0, 0.1) is 5.92 Å². The number of likely N-dealkylation sites (tertiary alicyclic amines) is 1. The Morgan fingerprint density at radius 1 is 1.09 bits per heavy atom. The minimum absolute atomic E-state index is 0.489. The lowest BCUT2D eigenvalue weighted by atomic mass is 9.93. The molecule has 1 aromatic rings. The highest BCUT2D eigenvalue weighted by molar-refractivity contribution is 8.01. The van der Waals surface area contributed by atoms with E-state index in [1.165, 1.54) is 43.8 Å². The lowest BCUT2D eigenvalue weighted by molar-refractivity contribution is -0.193. The molecule has 1 atom stereocenters. The highest BCUT2D eigenvalue weighted by Crippen LogP contribution is 2.46. The average Bonchev–Trinajstić information content (AvgIpc) is 3.44. The van der Waals surface area contributed by atoms with Crippen molar-refractivity contribution < 1.29 is 50.9 Å². The number of aromatic nitrogens is 1. The normalized spacial score (nSPS) is 21.5. The first-order valence-corrected chi connectivity index (χ1v) is 11.2. The smallest absolute Gasteiger partial charge is 0.475 e. The van der Waals surface area contributed by atoms with Crippen molar-refractivity contribution in [3.63, 3.8) is 0 Å². The van der Waals surface area contributed by atoms with E-state index in [2.05, 4.69) is 33.8 Å². The summed E-state index contributed by atoms with van der Waals surface area (Å²) < 4.78 is 70.0. The summed E-state index contributed by atoms with van der Waals surface area (Å²) in [7, 11) is 0. The number of carbonyl (C=O) groups is 2. The number of rotatable bonds is 5. The van der Waals surface area contributed by atoms with Gasteiger partial charge in [0.05, 0.1) is 11.8 Å². The Labute approximate surface area is 195 Å². The molecule has 1 spiro atoms. The number of carboxylic acid groups (broad SMARTS) is 2. The molecule has 1 unspecified atom stereocenters. The van der Waals surface area contributed by atoms with E-state index < -0.39 is 24.3 Å². The van der Waals surface area contributed by atoms with E-state index in [-0.39, 0.29) is 0 Å². The molecule has 3 fully saturated rings. The number of thioether (sulfide) groups is 1. The van der Waals surface area contributed by atoms with E-state index >= 15 is 0 Å². The Kier molecular flexibility index (Phi) is 9.60. The monoisotopic (exact) mass is 518 g/mol. The first-order chi connectivity index (χ1) is 15.7. The van der Waals surface area contributed by atoms with Crippen molar-refractivity contribution in [3.8, 4) is 0 Å². The van der Waals surface area contributed by atoms with Crippen LogP contribution in [0.25, 0.3) is 0 Å². The maximum Gasteiger partial charge on any atom is 0.490 e. The molecule has 2 aliphatic heterocycles. The van der Waals surface area contributed by atoms with Crippen LogP contribution in [0.2, 0.25) is 0 Å². The van der Waals surface area contributed by atoms with Crippen LogP contribution in [-0.4, -0.2) is 80.7 Å². The van der Waals surface area contributed by atoms with Crippen molar-refractivity contribution in [3.05, 3.63) is 30.1 Å². The van der Waals surface area contributed by atoms with Crippen LogP contribution >= 0.6 is 11.8 Å². The van der Waals surface area contributed by atoms with Gasteiger partial charge in [0.25, 0.3) is 0 Å². The van der Waals surface area contributed by atoms with Gasteiger partial charge in [-0.2, -0.15) is 26.3 Å². The van der Waals surface area contributed by atoms with Gasteiger partial charge in [-0.25, -0.2) is 9.59 Å². The van der Waals surface area contributed by atoms with Crippen LogP contribution in [-0.2, 0) is 20.9 Å². The number of aliphatic carboxylic acids is 2. The standard InChI is InChI=1S/C16H22N2OS.2C2HF3O2/c1-2-6-17-14(3-1)8-18-11-16(12-18)7-15(10-20-16)19-9-13-4-5-13;2*3-2(4,5)1(6)7/h1-3,6,13,15H,4-5,7-12H2;2*(H,6,7). The van der Waals surface area contributed by atoms with E-state index in [1.807, 2.05) is 12.3 Å². The molecule has 2 N–H and O–H groups in total. The molecule has 7 nitrogen and oxygen atoms in total. The first kappa shape index (κ1) is 28.2. The molecule has 0 amide bonds. The van der Waals surface area contributed by atoms with Gasteiger partial charge in [-0.3, -0.25) is 9.88 Å². The van der Waals surface area contributed by atoms with E-state index in [4.69, 9.17) is 24.5 Å². The summed E-state index contributed by atoms with van der Waals surface area (Å²) in [5.74, 6) is -3.43. The molecule has 14 heteroatoms. The minimum atomic E-state index is -5.08. The highest BCUT2D eigenvalue weighted by atomic mass is 32.2. The van der Waals surface area contributed by atoms with Crippen molar-refractivity contribution in [1.82, 2.24) is 9.88 Å². The summed E-state index contributed by atoms with van der Waals surface area (Å²) in [5.41, 5.74) is 1.19. The molecule has 0 radical (unpaired) electrons. The lowest BCUT2D eigenvalue weighted by Crippen LogP contribution is -2.58. The summed E-state index contributed by atoms with van der Waals surface area (Å²) in [6, 6.07) is 6.17. The molecule has 34 heavy (non-hydrogen) atoms. The van der Waals surface area contributed by atoms with Crippen molar-refractivity contribution in [2.45, 2.75) is 49.0 Å². The van der Waals surface area contributed by atoms with E-state index in [0.717, 1.165) is 19.1 Å². The van der Waals surface area contributed by atoms with Crippen LogP contribution in [0.5, 0.6) is 0 Å². The number of nitrogens with zero attached hydrogens (tertiary/aromatic N) is 2. The zero-order valence-corrected chi connectivity index (χ0v) is 18.6. The summed E-state index contributed by atoms with van der Waals surface area (Å²) in [5, 5.41) is 14.2. The molecule has 2 saturated heterocycles. The first-order valence-electron chi connectivity index (χ1n) is 10.2. The predicted octanol–water partition coefficient (Wildman–Crippen LogP) is 3.83. The quantitative estimate of drug-likeness (QED) is 0.568. The lowest BCUT2D eigenvalue weighted by Gasteiger charge is -2.47. The molecule has 192 valence electrons. The third kappa shape index (κ3) is 9.66. The number of carboxylic acids is 2. The molecule has 3 aliphatic rings. The maximum absolute atomic E-state index is 10.6. The number of pyridine rings is 1. The van der Waals surface area contributed by atoms with Crippen molar-refractivity contribution in [2.24, 2.45) is 5.92 Å². The van der Waals surface area contributed by atoms with Gasteiger partial charge < -0.3 is 14.9 Å². The highest BCUT2D eigenvalue weighted by Gasteiger charge is 2.49. The molecule has 1 aromatic heterocycles. The Morgan fingerprint density at radius 3 is 2.09 bits per heavy atom. The third-order valence-electron chi connectivity index (χ3n) is 5.06. The van der Waals surface area contributed by atoms with Gasteiger partial charge in [-0.05, 0) is 37.3 Å². The zero-order chi connectivity index (χ0) is 25.6. The Balaban J connectivity index is 0.000000244. The van der Waals surface area contributed by atoms with Gasteiger partial charge in [-0.1, -0.05) is 6.07 Å². The zero-order valence-electron chi connectivity index (χ0n) is 17.8. The van der Waals surface area contributed by atoms with Gasteiger partial charge in [0.1, 0.15) is 0 Å². The number of halogens is 6. The fourth-order valence-electron chi connectivity index (χ4n) is 3.29. The average molecular weight is 518 g/mol. The molecular formula is C20H24F6N2O5S. The van der Waals surface area contributed by atoms with Gasteiger partial charge in [-0.15, -0.1) is 11.8 Å². The second-order valence-electron chi connectivity index (χ2n) is 8.17. The van der Waals surface area contributed by atoms with Gasteiger partial charge in [0.15, 0.2) is 0 Å². The molecule has 1 aliphatic carbocycles. The molecule has 4 rings (SSSR count). The summed E-state index contributed by atoms with van der Waals surface area (Å²) >= 11 is 2.14. The number of hydrogen-bond acceptors (Lipinski definition) is 6. The van der Waals surface area contributed by atoms with Gasteiger partial charge in [0.2, 0.25) is 0 Å².